The van der Waals surface area contributed by atoms with E-state index in [1.807, 2.05) is 48.5 Å². The Bertz CT molecular complexity index is 1230. The number of nitrogens with zero attached hydrogens (tertiary/aromatic N) is 2. The number of fused-ring (bicyclic) bond motifs is 1. The van der Waals surface area contributed by atoms with E-state index >= 15 is 0 Å². The topological polar surface area (TPSA) is 97.8 Å². The molecule has 0 aliphatic heterocycles. The maximum absolute atomic E-state index is 8.86. The van der Waals surface area contributed by atoms with Gasteiger partial charge in [0.1, 0.15) is 23.6 Å². The maximum atomic E-state index is 8.86. The van der Waals surface area contributed by atoms with E-state index in [1.165, 1.54) is 6.33 Å². The predicted octanol–water partition coefficient (Wildman–Crippen LogP) is 3.78. The van der Waals surface area contributed by atoms with Gasteiger partial charge in [-0.05, 0) is 11.6 Å². The van der Waals surface area contributed by atoms with Crippen molar-refractivity contribution in [3.05, 3.63) is 72.6 Å². The number of ether oxygens (including phenoxy) is 3. The lowest BCUT2D eigenvalue weighted by Gasteiger charge is -2.17. The van der Waals surface area contributed by atoms with Gasteiger partial charge in [0.05, 0.1) is 37.3 Å². The van der Waals surface area contributed by atoms with Crippen molar-refractivity contribution in [3.8, 4) is 34.3 Å². The van der Waals surface area contributed by atoms with E-state index in [4.69, 9.17) is 19.3 Å². The molecule has 0 saturated heterocycles. The molecule has 8 nitrogen and oxygen atoms in total. The molecule has 1 aromatic heterocycles. The molecule has 4 rings (SSSR count). The molecular weight excluding hydrogens is 444 g/mol. The van der Waals surface area contributed by atoms with Crippen LogP contribution in [0.15, 0.2) is 67.0 Å². The molecule has 0 saturated carbocycles. The highest BCUT2D eigenvalue weighted by atomic mass is 16.5. The van der Waals surface area contributed by atoms with Crippen molar-refractivity contribution >= 4 is 10.9 Å². The lowest BCUT2D eigenvalue weighted by atomic mass is 10.0. The first-order valence-corrected chi connectivity index (χ1v) is 11.5. The number of aliphatic hydroxyl groups is 1. The summed E-state index contributed by atoms with van der Waals surface area (Å²) in [6.07, 6.45) is 1.52. The van der Waals surface area contributed by atoms with Gasteiger partial charge in [0.2, 0.25) is 5.88 Å². The third kappa shape index (κ3) is 5.86. The minimum atomic E-state index is 0.123. The number of nitrogens with one attached hydrogen (secondary N) is 2. The van der Waals surface area contributed by atoms with E-state index in [-0.39, 0.29) is 6.61 Å². The first-order chi connectivity index (χ1) is 17.2. The lowest BCUT2D eigenvalue weighted by molar-refractivity contribution is 0.292. The van der Waals surface area contributed by atoms with Crippen LogP contribution in [0.2, 0.25) is 0 Å². The highest BCUT2D eigenvalue weighted by molar-refractivity contribution is 5.96. The Kier molecular flexibility index (Phi) is 8.45. The van der Waals surface area contributed by atoms with Crippen LogP contribution in [0.1, 0.15) is 5.56 Å². The Morgan fingerprint density at radius 3 is 2.29 bits per heavy atom. The molecule has 3 aromatic carbocycles. The average molecular weight is 475 g/mol. The van der Waals surface area contributed by atoms with E-state index in [9.17, 15) is 0 Å². The Morgan fingerprint density at radius 1 is 0.829 bits per heavy atom. The smallest absolute Gasteiger partial charge is 0.230 e. The second-order valence-electron chi connectivity index (χ2n) is 7.81. The molecule has 0 aliphatic carbocycles. The van der Waals surface area contributed by atoms with Gasteiger partial charge in [-0.2, -0.15) is 0 Å². The highest BCUT2D eigenvalue weighted by Crippen LogP contribution is 2.38. The summed E-state index contributed by atoms with van der Waals surface area (Å²) in [6.45, 7) is 2.74. The number of benzene rings is 3. The van der Waals surface area contributed by atoms with Crippen LogP contribution in [-0.4, -0.2) is 55.5 Å². The molecule has 0 bridgehead atoms. The first-order valence-electron chi connectivity index (χ1n) is 11.5. The molecule has 1 heterocycles. The van der Waals surface area contributed by atoms with Gasteiger partial charge in [-0.25, -0.2) is 9.97 Å². The molecule has 0 amide bonds. The molecule has 0 aliphatic rings. The molecule has 0 spiro atoms. The van der Waals surface area contributed by atoms with Crippen LogP contribution in [0.5, 0.6) is 23.1 Å². The number of aromatic nitrogens is 2. The van der Waals surface area contributed by atoms with Crippen molar-refractivity contribution in [2.75, 3.05) is 40.5 Å². The predicted molar refractivity (Wildman–Crippen MR) is 136 cm³/mol. The summed E-state index contributed by atoms with van der Waals surface area (Å²) in [4.78, 5) is 8.94. The summed E-state index contributed by atoms with van der Waals surface area (Å²) in [5, 5.41) is 16.2. The van der Waals surface area contributed by atoms with E-state index in [0.717, 1.165) is 40.7 Å². The van der Waals surface area contributed by atoms with E-state index in [1.54, 1.807) is 14.2 Å². The molecule has 35 heavy (non-hydrogen) atoms. The van der Waals surface area contributed by atoms with E-state index in [2.05, 4.69) is 32.7 Å². The Balaban J connectivity index is 1.60. The van der Waals surface area contributed by atoms with Crippen LogP contribution in [0, 0.1) is 0 Å². The highest BCUT2D eigenvalue weighted by Gasteiger charge is 2.16. The summed E-state index contributed by atoms with van der Waals surface area (Å²) in [5.41, 5.74) is 3.80. The van der Waals surface area contributed by atoms with Crippen molar-refractivity contribution in [1.82, 2.24) is 20.6 Å². The number of rotatable bonds is 12. The van der Waals surface area contributed by atoms with Gasteiger partial charge in [-0.1, -0.05) is 42.5 Å². The van der Waals surface area contributed by atoms with E-state index < -0.39 is 0 Å². The van der Waals surface area contributed by atoms with Gasteiger partial charge in [0, 0.05) is 43.9 Å². The number of aliphatic hydroxyl groups excluding tert-OH is 1. The maximum Gasteiger partial charge on any atom is 0.230 e. The number of para-hydroxylation sites is 1. The van der Waals surface area contributed by atoms with Gasteiger partial charge < -0.3 is 30.0 Å². The number of hydrogen-bond acceptors (Lipinski definition) is 8. The summed E-state index contributed by atoms with van der Waals surface area (Å²) in [5.74, 6) is 2.31. The van der Waals surface area contributed by atoms with Crippen LogP contribution < -0.4 is 24.8 Å². The summed E-state index contributed by atoms with van der Waals surface area (Å²) >= 11 is 0. The quantitative estimate of drug-likeness (QED) is 0.267. The monoisotopic (exact) mass is 474 g/mol. The van der Waals surface area contributed by atoms with Gasteiger partial charge in [0.25, 0.3) is 0 Å². The number of methoxy groups -OCH3 is 2. The van der Waals surface area contributed by atoms with Gasteiger partial charge in [-0.3, -0.25) is 0 Å². The van der Waals surface area contributed by atoms with Crippen LogP contribution in [0.3, 0.4) is 0 Å². The molecule has 8 heteroatoms. The van der Waals surface area contributed by atoms with Gasteiger partial charge in [-0.15, -0.1) is 0 Å². The van der Waals surface area contributed by atoms with Gasteiger partial charge >= 0.3 is 0 Å². The van der Waals surface area contributed by atoms with Crippen LogP contribution in [0.25, 0.3) is 22.0 Å². The minimum Gasteiger partial charge on any atom is -0.496 e. The van der Waals surface area contributed by atoms with Crippen molar-refractivity contribution in [1.29, 1.82) is 0 Å². The lowest BCUT2D eigenvalue weighted by Crippen LogP contribution is -2.29. The summed E-state index contributed by atoms with van der Waals surface area (Å²) in [6, 6.07) is 19.8. The second-order valence-corrected chi connectivity index (χ2v) is 7.81. The summed E-state index contributed by atoms with van der Waals surface area (Å²) in [7, 11) is 3.24. The van der Waals surface area contributed by atoms with Crippen molar-refractivity contribution in [3.63, 3.8) is 0 Å². The SMILES string of the molecule is COc1cc(Oc2ncnc3c(-c4ccccc4)cccc23)cc(OC)c1CNCCNCCO. The van der Waals surface area contributed by atoms with Crippen LogP contribution in [-0.2, 0) is 6.54 Å². The molecular formula is C27H30N4O4. The second kappa shape index (κ2) is 12.1. The fourth-order valence-corrected chi connectivity index (χ4v) is 3.89. The zero-order valence-electron chi connectivity index (χ0n) is 20.0. The van der Waals surface area contributed by atoms with Gasteiger partial charge in [0.15, 0.2) is 0 Å². The fraction of sp³-hybridized carbons (Fsp3) is 0.259. The zero-order chi connectivity index (χ0) is 24.5. The largest absolute Gasteiger partial charge is 0.496 e. The van der Waals surface area contributed by atoms with E-state index in [0.29, 0.717) is 36.2 Å². The zero-order valence-corrected chi connectivity index (χ0v) is 20.0. The van der Waals surface area contributed by atoms with Crippen LogP contribution >= 0.6 is 0 Å². The molecule has 182 valence electrons. The summed E-state index contributed by atoms with van der Waals surface area (Å²) < 4.78 is 17.5. The minimum absolute atomic E-state index is 0.123. The molecule has 0 atom stereocenters. The molecule has 0 radical (unpaired) electrons. The van der Waals surface area contributed by atoms with Crippen molar-refractivity contribution < 1.29 is 19.3 Å². The van der Waals surface area contributed by atoms with Crippen molar-refractivity contribution in [2.45, 2.75) is 6.54 Å². The number of hydrogen-bond donors (Lipinski definition) is 3. The molecule has 0 fully saturated rings. The Labute approximate surface area is 204 Å². The average Bonchev–Trinajstić information content (AvgIpc) is 2.91. The first kappa shape index (κ1) is 24.4. The third-order valence-corrected chi connectivity index (χ3v) is 5.58. The normalized spacial score (nSPS) is 10.9. The van der Waals surface area contributed by atoms with Crippen LogP contribution in [0.4, 0.5) is 0 Å². The fourth-order valence-electron chi connectivity index (χ4n) is 3.89. The molecule has 0 unspecified atom stereocenters. The third-order valence-electron chi connectivity index (χ3n) is 5.58. The Hall–Kier alpha value is -3.72. The standard InChI is InChI=1S/C27H30N4O4/c1-33-24-15-20(16-25(34-2)23(24)17-29-12-11-28-13-14-32)35-27-22-10-6-9-21(26(22)30-18-31-27)19-7-4-3-5-8-19/h3-10,15-16,18,28-29,32H,11-14,17H2,1-2H3. The van der Waals surface area contributed by atoms with Crippen molar-refractivity contribution in [2.24, 2.45) is 0 Å². The molecule has 4 aromatic rings. The molecule has 3 N–H and O–H groups in total. The Morgan fingerprint density at radius 2 is 1.57 bits per heavy atom.